The fourth-order valence-electron chi connectivity index (χ4n) is 1.97. The summed E-state index contributed by atoms with van der Waals surface area (Å²) in [5, 5.41) is 13.7. The summed E-state index contributed by atoms with van der Waals surface area (Å²) >= 11 is 0. The van der Waals surface area contributed by atoms with E-state index in [1.54, 1.807) is 32.9 Å². The minimum atomic E-state index is -0.554. The van der Waals surface area contributed by atoms with Crippen molar-refractivity contribution < 1.29 is 9.53 Å². The van der Waals surface area contributed by atoms with Crippen LogP contribution in [0.5, 0.6) is 0 Å². The van der Waals surface area contributed by atoms with Gasteiger partial charge in [0.05, 0.1) is 0 Å². The van der Waals surface area contributed by atoms with Crippen molar-refractivity contribution in [1.82, 2.24) is 10.2 Å². The molecule has 24 heavy (non-hydrogen) atoms. The van der Waals surface area contributed by atoms with Gasteiger partial charge in [-0.05, 0) is 56.5 Å². The van der Waals surface area contributed by atoms with Gasteiger partial charge in [-0.3, -0.25) is 5.32 Å². The molecule has 2 aromatic rings. The fourth-order valence-corrected chi connectivity index (χ4v) is 1.97. The Hall–Kier alpha value is -2.63. The van der Waals surface area contributed by atoms with Gasteiger partial charge in [-0.2, -0.15) is 0 Å². The van der Waals surface area contributed by atoms with Gasteiger partial charge < -0.3 is 10.1 Å². The van der Waals surface area contributed by atoms with E-state index in [1.165, 1.54) is 5.56 Å². The molecule has 0 aliphatic rings. The highest BCUT2D eigenvalue weighted by atomic mass is 16.6. The van der Waals surface area contributed by atoms with Crippen molar-refractivity contribution in [3.63, 3.8) is 0 Å². The van der Waals surface area contributed by atoms with Crippen LogP contribution in [0.4, 0.5) is 22.1 Å². The van der Waals surface area contributed by atoms with Gasteiger partial charge in [-0.1, -0.05) is 26.0 Å². The number of benzene rings is 1. The smallest absolute Gasteiger partial charge is 0.413 e. The molecule has 0 aliphatic heterocycles. The lowest BCUT2D eigenvalue weighted by Crippen LogP contribution is -2.27. The molecule has 0 unspecified atom stereocenters. The predicted octanol–water partition coefficient (Wildman–Crippen LogP) is 4.69. The molecule has 1 aromatic heterocycles. The molecule has 1 amide bonds. The quantitative estimate of drug-likeness (QED) is 0.851. The highest BCUT2D eigenvalue weighted by Crippen LogP contribution is 2.20. The van der Waals surface area contributed by atoms with E-state index in [0.717, 1.165) is 5.69 Å². The monoisotopic (exact) mass is 328 g/mol. The van der Waals surface area contributed by atoms with Crippen LogP contribution in [-0.4, -0.2) is 21.9 Å². The molecule has 1 heterocycles. The standard InChI is InChI=1S/C18H24N4O2/c1-12(2)13-6-8-14(9-7-13)19-15-10-11-16(22-21-15)20-17(23)24-18(3,4)5/h6-12H,1-5H3,(H,19,21)(H,20,22,23). The molecule has 0 aliphatic carbocycles. The van der Waals surface area contributed by atoms with E-state index in [4.69, 9.17) is 4.74 Å². The Balaban J connectivity index is 1.95. The Morgan fingerprint density at radius 2 is 1.58 bits per heavy atom. The zero-order valence-corrected chi connectivity index (χ0v) is 14.8. The van der Waals surface area contributed by atoms with E-state index >= 15 is 0 Å². The van der Waals surface area contributed by atoms with Crippen LogP contribution in [0.15, 0.2) is 36.4 Å². The molecule has 6 heteroatoms. The summed E-state index contributed by atoms with van der Waals surface area (Å²) in [7, 11) is 0. The number of amides is 1. The number of hydrogen-bond donors (Lipinski definition) is 2. The molecule has 0 spiro atoms. The van der Waals surface area contributed by atoms with Crippen molar-refractivity contribution in [1.29, 1.82) is 0 Å². The number of nitrogens with zero attached hydrogens (tertiary/aromatic N) is 2. The predicted molar refractivity (Wildman–Crippen MR) is 95.7 cm³/mol. The molecule has 2 rings (SSSR count). The van der Waals surface area contributed by atoms with Crippen molar-refractivity contribution in [2.45, 2.75) is 46.1 Å². The summed E-state index contributed by atoms with van der Waals surface area (Å²) in [5.74, 6) is 1.43. The second kappa shape index (κ2) is 7.29. The van der Waals surface area contributed by atoms with E-state index in [1.807, 2.05) is 12.1 Å². The van der Waals surface area contributed by atoms with Gasteiger partial charge in [0.25, 0.3) is 0 Å². The zero-order chi connectivity index (χ0) is 17.7. The van der Waals surface area contributed by atoms with Gasteiger partial charge in [0.1, 0.15) is 5.60 Å². The van der Waals surface area contributed by atoms with Crippen LogP contribution >= 0.6 is 0 Å². The first-order valence-electron chi connectivity index (χ1n) is 7.94. The topological polar surface area (TPSA) is 76.1 Å². The van der Waals surface area contributed by atoms with E-state index in [2.05, 4.69) is 46.8 Å². The maximum atomic E-state index is 11.7. The molecule has 0 atom stereocenters. The van der Waals surface area contributed by atoms with Crippen LogP contribution in [0.1, 0.15) is 46.1 Å². The Kier molecular flexibility index (Phi) is 5.39. The maximum absolute atomic E-state index is 11.7. The van der Waals surface area contributed by atoms with Crippen molar-refractivity contribution in [3.8, 4) is 0 Å². The Labute approximate surface area is 142 Å². The second-order valence-electron chi connectivity index (χ2n) is 6.83. The highest BCUT2D eigenvalue weighted by molar-refractivity contribution is 5.83. The van der Waals surface area contributed by atoms with Crippen molar-refractivity contribution in [3.05, 3.63) is 42.0 Å². The lowest BCUT2D eigenvalue weighted by atomic mass is 10.0. The molecule has 1 aromatic carbocycles. The van der Waals surface area contributed by atoms with Crippen molar-refractivity contribution in [2.75, 3.05) is 10.6 Å². The summed E-state index contributed by atoms with van der Waals surface area (Å²) in [5.41, 5.74) is 1.66. The molecule has 2 N–H and O–H groups in total. The minimum absolute atomic E-state index is 0.338. The molecule has 0 radical (unpaired) electrons. The SMILES string of the molecule is CC(C)c1ccc(Nc2ccc(NC(=O)OC(C)(C)C)nn2)cc1. The number of anilines is 3. The van der Waals surface area contributed by atoms with E-state index < -0.39 is 11.7 Å². The van der Waals surface area contributed by atoms with Crippen LogP contribution in [-0.2, 0) is 4.74 Å². The van der Waals surface area contributed by atoms with Crippen molar-refractivity contribution >= 4 is 23.4 Å². The molecule has 0 bridgehead atoms. The lowest BCUT2D eigenvalue weighted by molar-refractivity contribution is 0.0635. The van der Waals surface area contributed by atoms with Gasteiger partial charge in [0.15, 0.2) is 11.6 Å². The molecular weight excluding hydrogens is 304 g/mol. The fraction of sp³-hybridized carbons (Fsp3) is 0.389. The van der Waals surface area contributed by atoms with Gasteiger partial charge in [0.2, 0.25) is 0 Å². The number of nitrogens with one attached hydrogen (secondary N) is 2. The van der Waals surface area contributed by atoms with Crippen LogP contribution < -0.4 is 10.6 Å². The van der Waals surface area contributed by atoms with Gasteiger partial charge in [-0.25, -0.2) is 4.79 Å². The first kappa shape index (κ1) is 17.7. The lowest BCUT2D eigenvalue weighted by Gasteiger charge is -2.19. The first-order valence-corrected chi connectivity index (χ1v) is 7.94. The first-order chi connectivity index (χ1) is 11.2. The van der Waals surface area contributed by atoms with Crippen LogP contribution in [0, 0.1) is 0 Å². The summed E-state index contributed by atoms with van der Waals surface area (Å²) in [4.78, 5) is 11.7. The molecule has 128 valence electrons. The normalized spacial score (nSPS) is 11.2. The third kappa shape index (κ3) is 5.53. The second-order valence-corrected chi connectivity index (χ2v) is 6.83. The highest BCUT2D eigenvalue weighted by Gasteiger charge is 2.16. The van der Waals surface area contributed by atoms with Crippen molar-refractivity contribution in [2.24, 2.45) is 0 Å². The summed E-state index contributed by atoms with van der Waals surface area (Å²) in [6, 6.07) is 11.6. The third-order valence-electron chi connectivity index (χ3n) is 3.14. The third-order valence-corrected chi connectivity index (χ3v) is 3.14. The molecule has 0 fully saturated rings. The van der Waals surface area contributed by atoms with Gasteiger partial charge in [0, 0.05) is 5.69 Å². The number of rotatable bonds is 4. The van der Waals surface area contributed by atoms with E-state index in [0.29, 0.717) is 17.6 Å². The van der Waals surface area contributed by atoms with E-state index in [-0.39, 0.29) is 0 Å². The zero-order valence-electron chi connectivity index (χ0n) is 14.8. The summed E-state index contributed by atoms with van der Waals surface area (Å²) < 4.78 is 5.16. The van der Waals surface area contributed by atoms with E-state index in [9.17, 15) is 4.79 Å². The van der Waals surface area contributed by atoms with Gasteiger partial charge in [-0.15, -0.1) is 10.2 Å². The minimum Gasteiger partial charge on any atom is -0.444 e. The molecule has 6 nitrogen and oxygen atoms in total. The largest absolute Gasteiger partial charge is 0.444 e. The number of carbonyl (C=O) groups excluding carboxylic acids is 1. The molecule has 0 saturated carbocycles. The van der Waals surface area contributed by atoms with Crippen LogP contribution in [0.3, 0.4) is 0 Å². The Morgan fingerprint density at radius 3 is 2.08 bits per heavy atom. The number of carbonyl (C=O) groups is 1. The average molecular weight is 328 g/mol. The Morgan fingerprint density at radius 1 is 1.00 bits per heavy atom. The maximum Gasteiger partial charge on any atom is 0.413 e. The van der Waals surface area contributed by atoms with Gasteiger partial charge >= 0.3 is 6.09 Å². The van der Waals surface area contributed by atoms with Crippen LogP contribution in [0.25, 0.3) is 0 Å². The average Bonchev–Trinajstić information content (AvgIpc) is 2.48. The van der Waals surface area contributed by atoms with Crippen LogP contribution in [0.2, 0.25) is 0 Å². The summed E-state index contributed by atoms with van der Waals surface area (Å²) in [6.45, 7) is 9.72. The Bertz CT molecular complexity index is 674. The summed E-state index contributed by atoms with van der Waals surface area (Å²) in [6.07, 6.45) is -0.554. The number of ether oxygens (including phenoxy) is 1. The number of hydrogen-bond acceptors (Lipinski definition) is 5. The molecular formula is C18H24N4O2. The number of aromatic nitrogens is 2. The molecule has 0 saturated heterocycles.